The van der Waals surface area contributed by atoms with E-state index in [0.717, 1.165) is 13.0 Å². The molecule has 2 heteroatoms. The standard InChI is InChI=1S/C20H24N2/c1-2-6-17(7-3-1)10-13-22-14-11-20(12-15-22)19-9-5-4-8-18(19)16-21-20/h1-9,21H,10-16H2. The first-order chi connectivity index (χ1) is 10.9. The van der Waals surface area contributed by atoms with E-state index in [0.29, 0.717) is 0 Å². The summed E-state index contributed by atoms with van der Waals surface area (Å²) in [4.78, 5) is 2.63. The van der Waals surface area contributed by atoms with Gasteiger partial charge in [0.2, 0.25) is 0 Å². The number of piperidine rings is 1. The summed E-state index contributed by atoms with van der Waals surface area (Å²) in [5, 5.41) is 3.81. The van der Waals surface area contributed by atoms with Gasteiger partial charge in [-0.15, -0.1) is 0 Å². The Morgan fingerprint density at radius 2 is 1.64 bits per heavy atom. The minimum Gasteiger partial charge on any atom is -0.303 e. The van der Waals surface area contributed by atoms with Gasteiger partial charge in [0.25, 0.3) is 0 Å². The Labute approximate surface area is 133 Å². The van der Waals surface area contributed by atoms with Gasteiger partial charge in [-0.3, -0.25) is 0 Å². The fourth-order valence-electron chi connectivity index (χ4n) is 4.04. The van der Waals surface area contributed by atoms with Crippen LogP contribution in [0.15, 0.2) is 54.6 Å². The van der Waals surface area contributed by atoms with E-state index in [4.69, 9.17) is 0 Å². The Kier molecular flexibility index (Phi) is 3.73. The molecule has 0 amide bonds. The fraction of sp³-hybridized carbons (Fsp3) is 0.400. The lowest BCUT2D eigenvalue weighted by atomic mass is 9.82. The Bertz CT molecular complexity index is 627. The highest BCUT2D eigenvalue weighted by molar-refractivity contribution is 5.38. The van der Waals surface area contributed by atoms with Crippen LogP contribution in [0.1, 0.15) is 29.5 Å². The van der Waals surface area contributed by atoms with E-state index in [1.54, 1.807) is 5.56 Å². The highest BCUT2D eigenvalue weighted by atomic mass is 15.2. The van der Waals surface area contributed by atoms with Crippen molar-refractivity contribution in [3.63, 3.8) is 0 Å². The number of fused-ring (bicyclic) bond motifs is 2. The van der Waals surface area contributed by atoms with Crippen molar-refractivity contribution in [2.45, 2.75) is 31.3 Å². The van der Waals surface area contributed by atoms with Crippen LogP contribution in [-0.2, 0) is 18.5 Å². The maximum Gasteiger partial charge on any atom is 0.0464 e. The van der Waals surface area contributed by atoms with E-state index in [1.807, 2.05) is 0 Å². The third kappa shape index (κ3) is 2.57. The predicted octanol–water partition coefficient (Wildman–Crippen LogP) is 3.32. The van der Waals surface area contributed by atoms with Gasteiger partial charge in [-0.1, -0.05) is 54.6 Å². The quantitative estimate of drug-likeness (QED) is 0.933. The van der Waals surface area contributed by atoms with E-state index in [1.165, 1.54) is 43.6 Å². The maximum absolute atomic E-state index is 3.81. The first-order valence-electron chi connectivity index (χ1n) is 8.45. The number of nitrogens with one attached hydrogen (secondary N) is 1. The lowest BCUT2D eigenvalue weighted by Crippen LogP contribution is -2.48. The van der Waals surface area contributed by atoms with Crippen LogP contribution in [0.3, 0.4) is 0 Å². The maximum atomic E-state index is 3.81. The van der Waals surface area contributed by atoms with Gasteiger partial charge < -0.3 is 10.2 Å². The summed E-state index contributed by atoms with van der Waals surface area (Å²) >= 11 is 0. The van der Waals surface area contributed by atoms with Crippen LogP contribution in [0.25, 0.3) is 0 Å². The van der Waals surface area contributed by atoms with E-state index in [2.05, 4.69) is 64.8 Å². The van der Waals surface area contributed by atoms with Crippen molar-refractivity contribution in [3.8, 4) is 0 Å². The van der Waals surface area contributed by atoms with Crippen molar-refractivity contribution in [1.29, 1.82) is 0 Å². The highest BCUT2D eigenvalue weighted by Gasteiger charge is 2.40. The van der Waals surface area contributed by atoms with Gasteiger partial charge in [-0.25, -0.2) is 0 Å². The lowest BCUT2D eigenvalue weighted by Gasteiger charge is -2.40. The molecule has 0 aromatic heterocycles. The zero-order chi connectivity index (χ0) is 14.8. The molecule has 2 nitrogen and oxygen atoms in total. The van der Waals surface area contributed by atoms with Gasteiger partial charge in [-0.2, -0.15) is 0 Å². The second-order valence-electron chi connectivity index (χ2n) is 6.67. The average molecular weight is 292 g/mol. The SMILES string of the molecule is c1ccc(CCN2CCC3(CC2)NCc2ccccc23)cc1. The molecular weight excluding hydrogens is 268 g/mol. The van der Waals surface area contributed by atoms with Crippen LogP contribution in [0.2, 0.25) is 0 Å². The van der Waals surface area contributed by atoms with Crippen LogP contribution >= 0.6 is 0 Å². The topological polar surface area (TPSA) is 15.3 Å². The normalized spacial score (nSPS) is 20.2. The van der Waals surface area contributed by atoms with Crippen molar-refractivity contribution in [1.82, 2.24) is 10.2 Å². The molecule has 2 aliphatic heterocycles. The second kappa shape index (κ2) is 5.86. The molecule has 2 aromatic rings. The van der Waals surface area contributed by atoms with Gasteiger partial charge in [-0.05, 0) is 36.0 Å². The number of likely N-dealkylation sites (tertiary alicyclic amines) is 1. The molecule has 0 aliphatic carbocycles. The molecule has 1 spiro atoms. The van der Waals surface area contributed by atoms with Crippen molar-refractivity contribution in [2.24, 2.45) is 0 Å². The van der Waals surface area contributed by atoms with Gasteiger partial charge >= 0.3 is 0 Å². The molecule has 1 saturated heterocycles. The minimum atomic E-state index is 0.250. The Morgan fingerprint density at radius 1 is 0.909 bits per heavy atom. The monoisotopic (exact) mass is 292 g/mol. The van der Waals surface area contributed by atoms with Gasteiger partial charge in [0.05, 0.1) is 0 Å². The van der Waals surface area contributed by atoms with Crippen molar-refractivity contribution in [2.75, 3.05) is 19.6 Å². The summed E-state index contributed by atoms with van der Waals surface area (Å²) in [6, 6.07) is 19.8. The summed E-state index contributed by atoms with van der Waals surface area (Å²) in [6.07, 6.45) is 3.63. The number of rotatable bonds is 3. The van der Waals surface area contributed by atoms with E-state index >= 15 is 0 Å². The molecule has 1 fully saturated rings. The average Bonchev–Trinajstić information content (AvgIpc) is 2.94. The van der Waals surface area contributed by atoms with E-state index in [9.17, 15) is 0 Å². The van der Waals surface area contributed by atoms with Crippen molar-refractivity contribution < 1.29 is 0 Å². The molecule has 0 unspecified atom stereocenters. The van der Waals surface area contributed by atoms with Crippen LogP contribution in [0.5, 0.6) is 0 Å². The number of nitrogens with zero attached hydrogens (tertiary/aromatic N) is 1. The van der Waals surface area contributed by atoms with Crippen molar-refractivity contribution in [3.05, 3.63) is 71.3 Å². The Balaban J connectivity index is 1.37. The number of hydrogen-bond donors (Lipinski definition) is 1. The third-order valence-corrected chi connectivity index (χ3v) is 5.42. The largest absolute Gasteiger partial charge is 0.303 e. The van der Waals surface area contributed by atoms with Crippen molar-refractivity contribution >= 4 is 0 Å². The fourth-order valence-corrected chi connectivity index (χ4v) is 4.04. The summed E-state index contributed by atoms with van der Waals surface area (Å²) in [7, 11) is 0. The zero-order valence-corrected chi connectivity index (χ0v) is 13.1. The van der Waals surface area contributed by atoms with Gasteiger partial charge in [0, 0.05) is 31.7 Å². The Hall–Kier alpha value is -1.64. The molecule has 0 saturated carbocycles. The van der Waals surface area contributed by atoms with Crippen LogP contribution in [0, 0.1) is 0 Å². The molecule has 114 valence electrons. The smallest absolute Gasteiger partial charge is 0.0464 e. The molecule has 22 heavy (non-hydrogen) atoms. The predicted molar refractivity (Wildman–Crippen MR) is 90.8 cm³/mol. The summed E-state index contributed by atoms with van der Waals surface area (Å²) in [5.41, 5.74) is 4.75. The number of benzene rings is 2. The molecule has 0 bridgehead atoms. The molecule has 2 aliphatic rings. The molecular formula is C20H24N2. The molecule has 2 heterocycles. The second-order valence-corrected chi connectivity index (χ2v) is 6.67. The molecule has 4 rings (SSSR count). The Morgan fingerprint density at radius 3 is 2.45 bits per heavy atom. The molecule has 2 aromatic carbocycles. The van der Waals surface area contributed by atoms with Crippen LogP contribution in [0.4, 0.5) is 0 Å². The van der Waals surface area contributed by atoms with E-state index in [-0.39, 0.29) is 5.54 Å². The summed E-state index contributed by atoms with van der Waals surface area (Å²) in [6.45, 7) is 4.63. The van der Waals surface area contributed by atoms with Crippen LogP contribution in [-0.4, -0.2) is 24.5 Å². The zero-order valence-electron chi connectivity index (χ0n) is 13.1. The summed E-state index contributed by atoms with van der Waals surface area (Å²) < 4.78 is 0. The first kappa shape index (κ1) is 14.0. The van der Waals surface area contributed by atoms with Gasteiger partial charge in [0.1, 0.15) is 0 Å². The third-order valence-electron chi connectivity index (χ3n) is 5.42. The molecule has 1 N–H and O–H groups in total. The lowest BCUT2D eigenvalue weighted by molar-refractivity contribution is 0.143. The first-order valence-corrected chi connectivity index (χ1v) is 8.45. The van der Waals surface area contributed by atoms with Crippen LogP contribution < -0.4 is 5.32 Å². The van der Waals surface area contributed by atoms with Gasteiger partial charge in [0.15, 0.2) is 0 Å². The molecule has 0 atom stereocenters. The highest BCUT2D eigenvalue weighted by Crippen LogP contribution is 2.39. The number of hydrogen-bond acceptors (Lipinski definition) is 2. The minimum absolute atomic E-state index is 0.250. The van der Waals surface area contributed by atoms with E-state index < -0.39 is 0 Å². The summed E-state index contributed by atoms with van der Waals surface area (Å²) in [5.74, 6) is 0. The molecule has 0 radical (unpaired) electrons.